The first kappa shape index (κ1) is 12.7. The number of hydrogen-bond donors (Lipinski definition) is 1. The predicted octanol–water partition coefficient (Wildman–Crippen LogP) is 4.31. The molecule has 0 bridgehead atoms. The predicted molar refractivity (Wildman–Crippen MR) is 73.9 cm³/mol. The number of benzene rings is 1. The number of nitrogens with two attached hydrogens (primary N) is 1. The molecule has 90 valence electrons. The summed E-state index contributed by atoms with van der Waals surface area (Å²) in [5, 5.41) is 0. The molecule has 2 N–H and O–H groups in total. The molecule has 0 saturated carbocycles. The van der Waals surface area contributed by atoms with Gasteiger partial charge in [0, 0.05) is 14.2 Å². The molecule has 2 rings (SSSR count). The maximum Gasteiger partial charge on any atom is 0.126 e. The summed E-state index contributed by atoms with van der Waals surface area (Å²) in [6.45, 7) is 3.79. The lowest BCUT2D eigenvalue weighted by Gasteiger charge is -2.11. The van der Waals surface area contributed by atoms with Gasteiger partial charge in [-0.15, -0.1) is 11.3 Å². The van der Waals surface area contributed by atoms with Gasteiger partial charge in [-0.2, -0.15) is 0 Å². The van der Waals surface area contributed by atoms with Crippen LogP contribution in [0.25, 0.3) is 0 Å². The molecule has 1 nitrogen and oxygen atoms in total. The second-order valence-electron chi connectivity index (χ2n) is 4.04. The van der Waals surface area contributed by atoms with E-state index in [-0.39, 0.29) is 11.9 Å². The summed E-state index contributed by atoms with van der Waals surface area (Å²) in [5.41, 5.74) is 7.76. The van der Waals surface area contributed by atoms with Gasteiger partial charge in [0.05, 0.1) is 6.04 Å². The molecule has 1 heterocycles. The number of halogens is 2. The zero-order chi connectivity index (χ0) is 12.6. The second-order valence-corrected chi connectivity index (χ2v) is 6.18. The minimum Gasteiger partial charge on any atom is -0.320 e. The van der Waals surface area contributed by atoms with Crippen molar-refractivity contribution >= 4 is 27.3 Å². The smallest absolute Gasteiger partial charge is 0.126 e. The topological polar surface area (TPSA) is 26.0 Å². The normalized spacial score (nSPS) is 12.8. The van der Waals surface area contributed by atoms with E-state index in [0.29, 0.717) is 5.56 Å². The molecule has 1 aromatic carbocycles. The Bertz CT molecular complexity index is 531. The maximum absolute atomic E-state index is 13.2. The molecule has 0 aliphatic heterocycles. The second kappa shape index (κ2) is 4.88. The molecule has 0 aliphatic carbocycles. The third kappa shape index (κ3) is 2.59. The quantitative estimate of drug-likeness (QED) is 0.878. The Kier molecular flexibility index (Phi) is 3.66. The molecule has 1 unspecified atom stereocenters. The van der Waals surface area contributed by atoms with Crippen LogP contribution in [-0.2, 0) is 0 Å². The summed E-state index contributed by atoms with van der Waals surface area (Å²) in [5.74, 6) is -0.190. The van der Waals surface area contributed by atoms with Crippen LogP contribution >= 0.6 is 27.3 Å². The lowest BCUT2D eigenvalue weighted by Crippen LogP contribution is -2.10. The third-order valence-corrected chi connectivity index (χ3v) is 4.94. The van der Waals surface area contributed by atoms with E-state index in [1.165, 1.54) is 10.9 Å². The Hall–Kier alpha value is -0.710. The van der Waals surface area contributed by atoms with Gasteiger partial charge in [-0.25, -0.2) is 4.39 Å². The van der Waals surface area contributed by atoms with Gasteiger partial charge in [0.1, 0.15) is 5.82 Å². The van der Waals surface area contributed by atoms with Crippen molar-refractivity contribution in [1.29, 1.82) is 0 Å². The van der Waals surface area contributed by atoms with Crippen molar-refractivity contribution in [3.63, 3.8) is 0 Å². The molecule has 1 aromatic heterocycles. The summed E-state index contributed by atoms with van der Waals surface area (Å²) in [6.07, 6.45) is 0. The highest BCUT2D eigenvalue weighted by molar-refractivity contribution is 9.10. The average molecular weight is 314 g/mol. The van der Waals surface area contributed by atoms with Crippen LogP contribution in [0.3, 0.4) is 0 Å². The van der Waals surface area contributed by atoms with Crippen LogP contribution in [0.2, 0.25) is 0 Å². The number of thiophene rings is 1. The van der Waals surface area contributed by atoms with Crippen molar-refractivity contribution in [1.82, 2.24) is 0 Å². The maximum atomic E-state index is 13.2. The molecule has 0 amide bonds. The van der Waals surface area contributed by atoms with E-state index < -0.39 is 0 Å². The zero-order valence-corrected chi connectivity index (χ0v) is 12.0. The van der Waals surface area contributed by atoms with E-state index in [9.17, 15) is 4.39 Å². The number of hydrogen-bond acceptors (Lipinski definition) is 2. The first-order valence-electron chi connectivity index (χ1n) is 5.26. The van der Waals surface area contributed by atoms with E-state index in [2.05, 4.69) is 15.9 Å². The van der Waals surface area contributed by atoms with Crippen molar-refractivity contribution < 1.29 is 4.39 Å². The lowest BCUT2D eigenvalue weighted by molar-refractivity contribution is 0.617. The fourth-order valence-corrected chi connectivity index (χ4v) is 3.25. The molecule has 4 heteroatoms. The fraction of sp³-hybridized carbons (Fsp3) is 0.231. The van der Waals surface area contributed by atoms with Crippen LogP contribution in [0.4, 0.5) is 4.39 Å². The molecular weight excluding hydrogens is 301 g/mol. The molecular formula is C13H13BrFNS. The van der Waals surface area contributed by atoms with Crippen molar-refractivity contribution in [3.8, 4) is 0 Å². The molecule has 1 atom stereocenters. The van der Waals surface area contributed by atoms with Gasteiger partial charge in [-0.05, 0) is 53.0 Å². The average Bonchev–Trinajstić information content (AvgIpc) is 2.62. The minimum atomic E-state index is -0.190. The molecule has 0 aliphatic rings. The van der Waals surface area contributed by atoms with Gasteiger partial charge in [0.25, 0.3) is 0 Å². The van der Waals surface area contributed by atoms with E-state index in [1.807, 2.05) is 19.1 Å². The Labute approximate surface area is 113 Å². The van der Waals surface area contributed by atoms with Gasteiger partial charge >= 0.3 is 0 Å². The van der Waals surface area contributed by atoms with Crippen LogP contribution in [0.1, 0.15) is 26.9 Å². The molecule has 0 radical (unpaired) electrons. The summed E-state index contributed by atoms with van der Waals surface area (Å²) in [4.78, 5) is 2.29. The van der Waals surface area contributed by atoms with Crippen molar-refractivity contribution in [2.75, 3.05) is 0 Å². The highest BCUT2D eigenvalue weighted by Gasteiger charge is 2.14. The Morgan fingerprint density at radius 3 is 2.53 bits per heavy atom. The number of rotatable bonds is 2. The fourth-order valence-electron chi connectivity index (χ4n) is 1.66. The summed E-state index contributed by atoms with van der Waals surface area (Å²) in [6, 6.07) is 6.87. The van der Waals surface area contributed by atoms with E-state index >= 15 is 0 Å². The molecule has 0 fully saturated rings. The molecule has 2 aromatic rings. The van der Waals surface area contributed by atoms with E-state index in [1.54, 1.807) is 24.3 Å². The summed E-state index contributed by atoms with van der Waals surface area (Å²) in [7, 11) is 0. The Morgan fingerprint density at radius 1 is 1.29 bits per heavy atom. The van der Waals surface area contributed by atoms with Crippen LogP contribution in [-0.4, -0.2) is 0 Å². The van der Waals surface area contributed by atoms with E-state index in [4.69, 9.17) is 5.73 Å². The highest BCUT2D eigenvalue weighted by atomic mass is 79.9. The van der Waals surface area contributed by atoms with Gasteiger partial charge in [-0.3, -0.25) is 0 Å². The first-order valence-corrected chi connectivity index (χ1v) is 6.87. The van der Waals surface area contributed by atoms with Crippen molar-refractivity contribution in [2.45, 2.75) is 19.9 Å². The zero-order valence-electron chi connectivity index (χ0n) is 9.63. The molecule has 17 heavy (non-hydrogen) atoms. The Balaban J connectivity index is 2.36. The largest absolute Gasteiger partial charge is 0.320 e. The van der Waals surface area contributed by atoms with Crippen molar-refractivity contribution in [3.05, 3.63) is 55.4 Å². The first-order chi connectivity index (χ1) is 7.99. The SMILES string of the molecule is Cc1cc(C(N)c2cc(Br)c(C)s2)ccc1F. The Morgan fingerprint density at radius 2 is 2.00 bits per heavy atom. The monoisotopic (exact) mass is 313 g/mol. The van der Waals surface area contributed by atoms with Crippen LogP contribution in [0.15, 0.2) is 28.7 Å². The lowest BCUT2D eigenvalue weighted by atomic mass is 10.0. The standard InChI is InChI=1S/C13H13BrFNS/c1-7-5-9(3-4-11(7)15)13(16)12-6-10(14)8(2)17-12/h3-6,13H,16H2,1-2H3. The van der Waals surface area contributed by atoms with Gasteiger partial charge < -0.3 is 5.73 Å². The number of aryl methyl sites for hydroxylation is 2. The van der Waals surface area contributed by atoms with E-state index in [0.717, 1.165) is 14.9 Å². The van der Waals surface area contributed by atoms with Gasteiger partial charge in [0.15, 0.2) is 0 Å². The summed E-state index contributed by atoms with van der Waals surface area (Å²) >= 11 is 5.14. The van der Waals surface area contributed by atoms with Crippen molar-refractivity contribution in [2.24, 2.45) is 5.73 Å². The highest BCUT2D eigenvalue weighted by Crippen LogP contribution is 2.32. The van der Waals surface area contributed by atoms with Crippen LogP contribution in [0, 0.1) is 19.7 Å². The van der Waals surface area contributed by atoms with Gasteiger partial charge in [0.2, 0.25) is 0 Å². The van der Waals surface area contributed by atoms with Crippen LogP contribution < -0.4 is 5.73 Å². The van der Waals surface area contributed by atoms with Crippen LogP contribution in [0.5, 0.6) is 0 Å². The minimum absolute atomic E-state index is 0.190. The third-order valence-electron chi connectivity index (χ3n) is 2.72. The molecule has 0 saturated heterocycles. The summed E-state index contributed by atoms with van der Waals surface area (Å²) < 4.78 is 14.3. The van der Waals surface area contributed by atoms with Gasteiger partial charge in [-0.1, -0.05) is 12.1 Å². The molecule has 0 spiro atoms.